The van der Waals surface area contributed by atoms with E-state index in [1.807, 2.05) is 30.3 Å². The number of benzene rings is 2. The third kappa shape index (κ3) is 2.88. The Hall–Kier alpha value is -2.01. The monoisotopic (exact) mass is 339 g/mol. The first kappa shape index (κ1) is 15.5. The standard InChI is InChI=1S/C20H18FNOS/c21-17-8-4-3-7-16(17)19-10-9-14(24-19)12-22-20-15-6-2-1-5-13(15)11-18(20)23/h1-10,18,20,22-23H,11-12H2/t18-,20+/m0/s1. The molecule has 1 aromatic heterocycles. The molecule has 0 saturated carbocycles. The smallest absolute Gasteiger partial charge is 0.131 e. The molecule has 2 nitrogen and oxygen atoms in total. The van der Waals surface area contributed by atoms with Crippen molar-refractivity contribution in [2.45, 2.75) is 25.1 Å². The second-order valence-corrected chi connectivity index (χ2v) is 7.24. The van der Waals surface area contributed by atoms with Crippen molar-refractivity contribution in [3.63, 3.8) is 0 Å². The second-order valence-electron chi connectivity index (χ2n) is 6.07. The van der Waals surface area contributed by atoms with Crippen molar-refractivity contribution in [1.29, 1.82) is 0 Å². The van der Waals surface area contributed by atoms with E-state index in [0.717, 1.165) is 9.75 Å². The van der Waals surface area contributed by atoms with E-state index >= 15 is 0 Å². The van der Waals surface area contributed by atoms with Gasteiger partial charge >= 0.3 is 0 Å². The third-order valence-corrected chi connectivity index (χ3v) is 5.62. The summed E-state index contributed by atoms with van der Waals surface area (Å²) in [6.45, 7) is 0.662. The Labute approximate surface area is 144 Å². The lowest BCUT2D eigenvalue weighted by Crippen LogP contribution is -2.28. The molecule has 0 aliphatic heterocycles. The lowest BCUT2D eigenvalue weighted by atomic mass is 10.1. The Morgan fingerprint density at radius 2 is 1.83 bits per heavy atom. The van der Waals surface area contributed by atoms with Gasteiger partial charge in [0.25, 0.3) is 0 Å². The van der Waals surface area contributed by atoms with Gasteiger partial charge in [-0.15, -0.1) is 11.3 Å². The average molecular weight is 339 g/mol. The lowest BCUT2D eigenvalue weighted by molar-refractivity contribution is 0.141. The van der Waals surface area contributed by atoms with E-state index in [1.165, 1.54) is 17.2 Å². The molecule has 2 N–H and O–H groups in total. The summed E-state index contributed by atoms with van der Waals surface area (Å²) in [4.78, 5) is 2.06. The van der Waals surface area contributed by atoms with Crippen LogP contribution in [0.3, 0.4) is 0 Å². The topological polar surface area (TPSA) is 32.3 Å². The van der Waals surface area contributed by atoms with Crippen LogP contribution in [0.25, 0.3) is 10.4 Å². The summed E-state index contributed by atoms with van der Waals surface area (Å²) in [5.74, 6) is -0.195. The highest BCUT2D eigenvalue weighted by Crippen LogP contribution is 2.33. The van der Waals surface area contributed by atoms with Crippen molar-refractivity contribution in [3.05, 3.63) is 82.5 Å². The summed E-state index contributed by atoms with van der Waals surface area (Å²) in [5, 5.41) is 13.7. The van der Waals surface area contributed by atoms with Gasteiger partial charge in [0.05, 0.1) is 12.1 Å². The van der Waals surface area contributed by atoms with Crippen molar-refractivity contribution in [2.75, 3.05) is 0 Å². The lowest BCUT2D eigenvalue weighted by Gasteiger charge is -2.17. The number of fused-ring (bicyclic) bond motifs is 1. The molecule has 0 spiro atoms. The maximum absolute atomic E-state index is 13.9. The zero-order valence-corrected chi connectivity index (χ0v) is 13.9. The van der Waals surface area contributed by atoms with Crippen LogP contribution in [0.5, 0.6) is 0 Å². The minimum atomic E-state index is -0.395. The molecule has 1 heterocycles. The minimum Gasteiger partial charge on any atom is -0.391 e. The van der Waals surface area contributed by atoms with Crippen molar-refractivity contribution >= 4 is 11.3 Å². The molecule has 3 aromatic rings. The number of rotatable bonds is 4. The number of hydrogen-bond acceptors (Lipinski definition) is 3. The largest absolute Gasteiger partial charge is 0.391 e. The number of aliphatic hydroxyl groups is 1. The molecule has 24 heavy (non-hydrogen) atoms. The number of aliphatic hydroxyl groups excluding tert-OH is 1. The maximum Gasteiger partial charge on any atom is 0.131 e. The molecule has 4 heteroatoms. The van der Waals surface area contributed by atoms with Crippen LogP contribution in [0.15, 0.2) is 60.7 Å². The molecule has 0 amide bonds. The molecule has 4 rings (SSSR count). The van der Waals surface area contributed by atoms with E-state index in [0.29, 0.717) is 18.5 Å². The molecule has 0 fully saturated rings. The third-order valence-electron chi connectivity index (χ3n) is 4.50. The van der Waals surface area contributed by atoms with E-state index in [4.69, 9.17) is 0 Å². The Balaban J connectivity index is 1.49. The van der Waals surface area contributed by atoms with E-state index < -0.39 is 6.10 Å². The fourth-order valence-corrected chi connectivity index (χ4v) is 4.29. The van der Waals surface area contributed by atoms with E-state index in [9.17, 15) is 9.50 Å². The second kappa shape index (κ2) is 6.48. The average Bonchev–Trinajstić information content (AvgIpc) is 3.17. The molecule has 0 bridgehead atoms. The van der Waals surface area contributed by atoms with Gasteiger partial charge in [-0.3, -0.25) is 0 Å². The first-order valence-electron chi connectivity index (χ1n) is 8.05. The quantitative estimate of drug-likeness (QED) is 0.743. The number of thiophene rings is 1. The molecule has 122 valence electrons. The maximum atomic E-state index is 13.9. The van der Waals surface area contributed by atoms with Gasteiger partial charge < -0.3 is 10.4 Å². The SMILES string of the molecule is O[C@H]1Cc2ccccc2[C@H]1NCc1ccc(-c2ccccc2F)s1. The van der Waals surface area contributed by atoms with Crippen molar-refractivity contribution in [1.82, 2.24) is 5.32 Å². The minimum absolute atomic E-state index is 0.0415. The molecule has 0 radical (unpaired) electrons. The number of halogens is 1. The van der Waals surface area contributed by atoms with Crippen LogP contribution in [-0.2, 0) is 13.0 Å². The van der Waals surface area contributed by atoms with Crippen molar-refractivity contribution < 1.29 is 9.50 Å². The van der Waals surface area contributed by atoms with Gasteiger partial charge in [0.2, 0.25) is 0 Å². The normalized spacial score (nSPS) is 19.4. The van der Waals surface area contributed by atoms with Crippen LogP contribution in [-0.4, -0.2) is 11.2 Å². The fraction of sp³-hybridized carbons (Fsp3) is 0.200. The van der Waals surface area contributed by atoms with Gasteiger partial charge in [-0.1, -0.05) is 42.5 Å². The summed E-state index contributed by atoms with van der Waals surface area (Å²) in [6, 6.07) is 18.9. The zero-order chi connectivity index (χ0) is 16.5. The highest BCUT2D eigenvalue weighted by Gasteiger charge is 2.30. The van der Waals surface area contributed by atoms with Crippen LogP contribution in [0, 0.1) is 5.82 Å². The van der Waals surface area contributed by atoms with Crippen LogP contribution in [0.2, 0.25) is 0 Å². The van der Waals surface area contributed by atoms with Gasteiger partial charge in [-0.25, -0.2) is 4.39 Å². The van der Waals surface area contributed by atoms with Crippen LogP contribution >= 0.6 is 11.3 Å². The Morgan fingerprint density at radius 1 is 1.04 bits per heavy atom. The summed E-state index contributed by atoms with van der Waals surface area (Å²) in [6.07, 6.45) is 0.298. The van der Waals surface area contributed by atoms with E-state index in [-0.39, 0.29) is 11.9 Å². The fourth-order valence-electron chi connectivity index (χ4n) is 3.31. The highest BCUT2D eigenvalue weighted by molar-refractivity contribution is 7.15. The van der Waals surface area contributed by atoms with Gasteiger partial charge in [-0.05, 0) is 29.3 Å². The first-order chi connectivity index (χ1) is 11.7. The Morgan fingerprint density at radius 3 is 2.71 bits per heavy atom. The predicted molar refractivity (Wildman–Crippen MR) is 95.4 cm³/mol. The Kier molecular flexibility index (Phi) is 4.19. The molecule has 1 aliphatic rings. The molecule has 0 saturated heterocycles. The predicted octanol–water partition coefficient (Wildman–Crippen LogP) is 4.30. The molecular formula is C20H18FNOS. The van der Waals surface area contributed by atoms with Gasteiger partial charge in [0.15, 0.2) is 0 Å². The van der Waals surface area contributed by atoms with Crippen LogP contribution in [0.4, 0.5) is 4.39 Å². The Bertz CT molecular complexity index is 860. The van der Waals surface area contributed by atoms with Gasteiger partial charge in [0, 0.05) is 28.3 Å². The first-order valence-corrected chi connectivity index (χ1v) is 8.87. The molecule has 0 unspecified atom stereocenters. The summed E-state index contributed by atoms with van der Waals surface area (Å²) < 4.78 is 13.9. The molecule has 1 aliphatic carbocycles. The highest BCUT2D eigenvalue weighted by atomic mass is 32.1. The van der Waals surface area contributed by atoms with E-state index in [1.54, 1.807) is 23.5 Å². The summed E-state index contributed by atoms with van der Waals surface area (Å²) in [7, 11) is 0. The summed E-state index contributed by atoms with van der Waals surface area (Å²) in [5.41, 5.74) is 3.02. The van der Waals surface area contributed by atoms with Crippen LogP contribution < -0.4 is 5.32 Å². The van der Waals surface area contributed by atoms with Gasteiger partial charge in [0.1, 0.15) is 5.82 Å². The van der Waals surface area contributed by atoms with E-state index in [2.05, 4.69) is 17.4 Å². The van der Waals surface area contributed by atoms with Crippen LogP contribution in [0.1, 0.15) is 22.0 Å². The molecular weight excluding hydrogens is 321 g/mol. The summed E-state index contributed by atoms with van der Waals surface area (Å²) >= 11 is 1.58. The van der Waals surface area contributed by atoms with Crippen molar-refractivity contribution in [2.24, 2.45) is 0 Å². The molecule has 2 atom stereocenters. The van der Waals surface area contributed by atoms with Crippen molar-refractivity contribution in [3.8, 4) is 10.4 Å². The zero-order valence-electron chi connectivity index (χ0n) is 13.1. The number of nitrogens with one attached hydrogen (secondary N) is 1. The number of hydrogen-bond donors (Lipinski definition) is 2. The molecule has 2 aromatic carbocycles. The van der Waals surface area contributed by atoms with Gasteiger partial charge in [-0.2, -0.15) is 0 Å².